The van der Waals surface area contributed by atoms with Gasteiger partial charge in [0.25, 0.3) is 0 Å². The maximum Gasteiger partial charge on any atom is 0.228 e. The van der Waals surface area contributed by atoms with Crippen molar-refractivity contribution in [2.75, 3.05) is 88.7 Å². The van der Waals surface area contributed by atoms with E-state index in [0.717, 1.165) is 96.5 Å². The Morgan fingerprint density at radius 2 is 1.20 bits per heavy atom. The normalized spacial score (nSPS) is 17.4. The smallest absolute Gasteiger partial charge is 0.228 e. The van der Waals surface area contributed by atoms with Crippen LogP contribution in [0.3, 0.4) is 0 Å². The summed E-state index contributed by atoms with van der Waals surface area (Å²) in [7, 11) is 0. The Morgan fingerprint density at radius 3 is 1.82 bits per heavy atom. The van der Waals surface area contributed by atoms with E-state index in [1.54, 1.807) is 0 Å². The van der Waals surface area contributed by atoms with Crippen LogP contribution >= 0.6 is 11.3 Å². The van der Waals surface area contributed by atoms with E-state index in [1.807, 2.05) is 11.3 Å². The van der Waals surface area contributed by atoms with Gasteiger partial charge in [0.1, 0.15) is 18.9 Å². The molecule has 3 fully saturated rings. The molecule has 8 heteroatoms. The number of hydrogen-bond donors (Lipinski definition) is 0. The summed E-state index contributed by atoms with van der Waals surface area (Å²) in [5.74, 6) is 0. The number of fused-ring (bicyclic) bond motifs is 2. The summed E-state index contributed by atoms with van der Waals surface area (Å²) in [6.07, 6.45) is 22.0. The SMILES string of the molecule is CCCCCCCCCCCCCCCCCc1cc2nc3ccc(N4CCOCC4)cc3sc-2c(N2CCOCC2)c1=[N+]1CCOCC1. The predicted octanol–water partition coefficient (Wildman–Crippen LogP) is 8.29. The van der Waals surface area contributed by atoms with Crippen molar-refractivity contribution in [3.05, 3.63) is 35.2 Å². The molecule has 0 amide bonds. The van der Waals surface area contributed by atoms with Gasteiger partial charge in [-0.05, 0) is 37.1 Å². The van der Waals surface area contributed by atoms with Crippen molar-refractivity contribution >= 4 is 32.9 Å². The molecule has 1 aliphatic carbocycles. The number of anilines is 2. The molecule has 0 unspecified atom stereocenters. The average molecular weight is 692 g/mol. The second kappa shape index (κ2) is 20.0. The average Bonchev–Trinajstić information content (AvgIpc) is 3.16. The van der Waals surface area contributed by atoms with Crippen LogP contribution in [0, 0.1) is 0 Å². The highest BCUT2D eigenvalue weighted by Gasteiger charge is 2.29. The van der Waals surface area contributed by atoms with Gasteiger partial charge in [-0.1, -0.05) is 96.8 Å². The number of unbranched alkanes of at least 4 members (excludes halogenated alkanes) is 14. The Kier molecular flexibility index (Phi) is 14.9. The molecule has 1 aromatic rings. The molecule has 0 atom stereocenters. The maximum absolute atomic E-state index is 5.86. The predicted molar refractivity (Wildman–Crippen MR) is 207 cm³/mol. The first kappa shape index (κ1) is 36.5. The molecule has 0 N–H and O–H groups in total. The highest BCUT2D eigenvalue weighted by atomic mass is 32.1. The number of nitrogens with zero attached hydrogens (tertiary/aromatic N) is 4. The van der Waals surface area contributed by atoms with Gasteiger partial charge in [0.05, 0.1) is 47.2 Å². The number of aromatic nitrogens is 1. The second-order valence-electron chi connectivity index (χ2n) is 14.4. The first-order valence-corrected chi connectivity index (χ1v) is 20.8. The molecule has 6 rings (SSSR count). The number of hydrogen-bond acceptors (Lipinski definition) is 7. The van der Waals surface area contributed by atoms with Gasteiger partial charge in [-0.2, -0.15) is 0 Å². The molecule has 1 aromatic carbocycles. The quantitative estimate of drug-likeness (QED) is 0.0761. The summed E-state index contributed by atoms with van der Waals surface area (Å²) < 4.78 is 21.2. The molecule has 0 saturated carbocycles. The third kappa shape index (κ3) is 10.4. The van der Waals surface area contributed by atoms with E-state index in [1.165, 1.54) is 128 Å². The minimum absolute atomic E-state index is 0.778. The fraction of sp³-hybridized carbons (Fsp3) is 0.707. The number of aryl methyl sites for hydroxylation is 1. The zero-order valence-electron chi connectivity index (χ0n) is 30.5. The number of benzene rings is 2. The van der Waals surface area contributed by atoms with Crippen LogP contribution in [-0.2, 0) is 20.6 Å². The summed E-state index contributed by atoms with van der Waals surface area (Å²) in [5.41, 5.74) is 6.37. The van der Waals surface area contributed by atoms with Gasteiger partial charge in [-0.25, -0.2) is 9.56 Å². The molecule has 7 nitrogen and oxygen atoms in total. The topological polar surface area (TPSA) is 50.1 Å². The van der Waals surface area contributed by atoms with Crippen molar-refractivity contribution < 1.29 is 14.2 Å². The molecule has 0 aromatic heterocycles. The fourth-order valence-electron chi connectivity index (χ4n) is 7.90. The molecular weight excluding hydrogens is 629 g/mol. The molecule has 3 saturated heterocycles. The Labute approximate surface area is 300 Å². The Balaban J connectivity index is 1.15. The molecule has 49 heavy (non-hydrogen) atoms. The lowest BCUT2D eigenvalue weighted by Gasteiger charge is -2.31. The fourth-order valence-corrected chi connectivity index (χ4v) is 9.05. The lowest BCUT2D eigenvalue weighted by Crippen LogP contribution is -2.46. The van der Waals surface area contributed by atoms with Crippen molar-refractivity contribution in [1.29, 1.82) is 0 Å². The van der Waals surface area contributed by atoms with E-state index in [0.29, 0.717) is 0 Å². The molecule has 0 spiro atoms. The van der Waals surface area contributed by atoms with E-state index in [-0.39, 0.29) is 0 Å². The van der Waals surface area contributed by atoms with Gasteiger partial charge < -0.3 is 24.0 Å². The third-order valence-electron chi connectivity index (χ3n) is 10.8. The van der Waals surface area contributed by atoms with Crippen LogP contribution < -0.4 is 19.7 Å². The van der Waals surface area contributed by atoms with E-state index in [2.05, 4.69) is 45.6 Å². The van der Waals surface area contributed by atoms with Crippen LogP contribution in [0.1, 0.15) is 109 Å². The summed E-state index contributed by atoms with van der Waals surface area (Å²) in [6.45, 7) is 12.7. The van der Waals surface area contributed by atoms with Gasteiger partial charge in [0.2, 0.25) is 5.36 Å². The van der Waals surface area contributed by atoms with Crippen molar-refractivity contribution in [3.63, 3.8) is 0 Å². The van der Waals surface area contributed by atoms with Crippen LogP contribution in [0.25, 0.3) is 20.8 Å². The summed E-state index contributed by atoms with van der Waals surface area (Å²) in [6, 6.07) is 9.29. The van der Waals surface area contributed by atoms with Gasteiger partial charge in [0, 0.05) is 37.4 Å². The van der Waals surface area contributed by atoms with Crippen LogP contribution in [0.2, 0.25) is 0 Å². The zero-order chi connectivity index (χ0) is 33.5. The number of rotatable bonds is 18. The molecule has 5 aliphatic rings. The Bertz CT molecular complexity index is 1450. The third-order valence-corrected chi connectivity index (χ3v) is 11.9. The molecule has 4 heterocycles. The molecular formula is C41H63N4O3S+. The minimum atomic E-state index is 0.778. The van der Waals surface area contributed by atoms with Gasteiger partial charge in [-0.15, -0.1) is 11.3 Å². The second-order valence-corrected chi connectivity index (χ2v) is 15.5. The number of ether oxygens (including phenoxy) is 3. The first-order chi connectivity index (χ1) is 24.3. The van der Waals surface area contributed by atoms with Crippen LogP contribution in [-0.4, -0.2) is 83.9 Å². The Hall–Kier alpha value is -2.26. The van der Waals surface area contributed by atoms with E-state index >= 15 is 0 Å². The minimum Gasteiger partial charge on any atom is -0.378 e. The van der Waals surface area contributed by atoms with Crippen molar-refractivity contribution in [2.45, 2.75) is 110 Å². The highest BCUT2D eigenvalue weighted by Crippen LogP contribution is 2.39. The van der Waals surface area contributed by atoms with Crippen molar-refractivity contribution in [3.8, 4) is 10.6 Å². The van der Waals surface area contributed by atoms with Gasteiger partial charge in [0.15, 0.2) is 13.1 Å². The van der Waals surface area contributed by atoms with Gasteiger partial charge in [-0.3, -0.25) is 0 Å². The van der Waals surface area contributed by atoms with E-state index in [4.69, 9.17) is 19.2 Å². The van der Waals surface area contributed by atoms with Gasteiger partial charge >= 0.3 is 0 Å². The summed E-state index contributed by atoms with van der Waals surface area (Å²) >= 11 is 1.92. The van der Waals surface area contributed by atoms with Crippen molar-refractivity contribution in [1.82, 2.24) is 9.56 Å². The van der Waals surface area contributed by atoms with E-state index in [9.17, 15) is 0 Å². The highest BCUT2D eigenvalue weighted by molar-refractivity contribution is 7.22. The summed E-state index contributed by atoms with van der Waals surface area (Å²) in [5, 5.41) is 1.43. The van der Waals surface area contributed by atoms with Crippen LogP contribution in [0.4, 0.5) is 11.4 Å². The lowest BCUT2D eigenvalue weighted by atomic mass is 10.00. The monoisotopic (exact) mass is 691 g/mol. The number of morpholine rings is 3. The maximum atomic E-state index is 5.86. The molecule has 0 bridgehead atoms. The first-order valence-electron chi connectivity index (χ1n) is 20.0. The van der Waals surface area contributed by atoms with Crippen LogP contribution in [0.5, 0.6) is 0 Å². The standard InChI is InChI=1S/C41H63N4O3S/c1-2-3-4-5-6-7-8-9-10-11-12-13-14-15-16-17-34-32-37-41(40(45-24-30-48-31-25-45)39(34)44-22-28-47-29-23-44)49-38-33-35(18-19-36(38)42-37)43-20-26-46-27-21-43/h18-19,32-33H,2-17,20-31H2,1H3/q+1. The lowest BCUT2D eigenvalue weighted by molar-refractivity contribution is 0.0962. The largest absolute Gasteiger partial charge is 0.378 e. The Morgan fingerprint density at radius 1 is 0.653 bits per heavy atom. The molecule has 270 valence electrons. The molecule has 0 radical (unpaired) electrons. The zero-order valence-corrected chi connectivity index (χ0v) is 31.3. The molecule has 4 aliphatic heterocycles. The van der Waals surface area contributed by atoms with E-state index < -0.39 is 0 Å². The summed E-state index contributed by atoms with van der Waals surface area (Å²) in [4.78, 5) is 11.7. The van der Waals surface area contributed by atoms with Crippen LogP contribution in [0.15, 0.2) is 24.3 Å². The van der Waals surface area contributed by atoms with Crippen molar-refractivity contribution in [2.24, 2.45) is 0 Å².